The van der Waals surface area contributed by atoms with Crippen molar-refractivity contribution in [2.24, 2.45) is 0 Å². The number of nitrogens with one attached hydrogen (secondary N) is 1. The van der Waals surface area contributed by atoms with E-state index in [1.165, 1.54) is 0 Å². The Kier molecular flexibility index (Phi) is 4.27. The van der Waals surface area contributed by atoms with Gasteiger partial charge in [0, 0.05) is 37.4 Å². The van der Waals surface area contributed by atoms with Gasteiger partial charge in [-0.1, -0.05) is 6.07 Å². The fourth-order valence-corrected chi connectivity index (χ4v) is 2.23. The number of piperazine rings is 1. The Morgan fingerprint density at radius 2 is 2.37 bits per heavy atom. The summed E-state index contributed by atoms with van der Waals surface area (Å²) in [4.78, 5) is 14.1. The molecule has 104 valence electrons. The van der Waals surface area contributed by atoms with Gasteiger partial charge in [0.1, 0.15) is 5.75 Å². The lowest BCUT2D eigenvalue weighted by Crippen LogP contribution is -2.54. The van der Waals surface area contributed by atoms with E-state index in [4.69, 9.17) is 10.5 Å². The molecule has 3 N–H and O–H groups in total. The predicted molar refractivity (Wildman–Crippen MR) is 75.0 cm³/mol. The number of anilines is 1. The fourth-order valence-electron chi connectivity index (χ4n) is 2.23. The van der Waals surface area contributed by atoms with Crippen LogP contribution in [-0.4, -0.2) is 42.6 Å². The summed E-state index contributed by atoms with van der Waals surface area (Å²) in [6, 6.07) is 7.47. The Hall–Kier alpha value is -1.75. The topological polar surface area (TPSA) is 67.6 Å². The summed E-state index contributed by atoms with van der Waals surface area (Å²) < 4.78 is 5.65. The van der Waals surface area contributed by atoms with Crippen molar-refractivity contribution in [2.75, 3.05) is 25.4 Å². The third-order valence-electron chi connectivity index (χ3n) is 3.20. The molecule has 1 aliphatic heterocycles. The zero-order valence-corrected chi connectivity index (χ0v) is 11.4. The second-order valence-corrected chi connectivity index (χ2v) is 4.97. The number of nitrogen functional groups attached to an aromatic ring is 1. The lowest BCUT2D eigenvalue weighted by atomic mass is 10.2. The van der Waals surface area contributed by atoms with Crippen LogP contribution >= 0.6 is 0 Å². The van der Waals surface area contributed by atoms with Crippen LogP contribution in [0.3, 0.4) is 0 Å². The molecule has 0 saturated carbocycles. The third-order valence-corrected chi connectivity index (χ3v) is 3.20. The minimum Gasteiger partial charge on any atom is -0.481 e. The zero-order valence-electron chi connectivity index (χ0n) is 11.4. The van der Waals surface area contributed by atoms with Gasteiger partial charge >= 0.3 is 0 Å². The highest BCUT2D eigenvalue weighted by molar-refractivity contribution is 5.81. The van der Waals surface area contributed by atoms with Gasteiger partial charge in [0.2, 0.25) is 0 Å². The molecule has 2 atom stereocenters. The summed E-state index contributed by atoms with van der Waals surface area (Å²) in [6.45, 7) is 6.14. The van der Waals surface area contributed by atoms with E-state index in [0.717, 1.165) is 19.6 Å². The second-order valence-electron chi connectivity index (χ2n) is 4.97. The highest BCUT2D eigenvalue weighted by atomic mass is 16.5. The number of carbonyl (C=O) groups excluding carboxylic acids is 1. The van der Waals surface area contributed by atoms with Gasteiger partial charge in [-0.05, 0) is 26.0 Å². The summed E-state index contributed by atoms with van der Waals surface area (Å²) >= 11 is 0. The molecule has 0 aliphatic carbocycles. The fraction of sp³-hybridized carbons (Fsp3) is 0.500. The molecule has 0 radical (unpaired) electrons. The third kappa shape index (κ3) is 3.61. The number of nitrogens with two attached hydrogens (primary N) is 1. The number of carbonyl (C=O) groups is 1. The Morgan fingerprint density at radius 3 is 3.05 bits per heavy atom. The Bertz CT molecular complexity index is 450. The number of hydrogen-bond acceptors (Lipinski definition) is 4. The molecule has 0 aromatic heterocycles. The van der Waals surface area contributed by atoms with Gasteiger partial charge in [0.25, 0.3) is 5.91 Å². The largest absolute Gasteiger partial charge is 0.481 e. The monoisotopic (exact) mass is 263 g/mol. The first-order chi connectivity index (χ1) is 9.06. The van der Waals surface area contributed by atoms with Gasteiger partial charge in [-0.3, -0.25) is 4.79 Å². The van der Waals surface area contributed by atoms with E-state index in [1.807, 2.05) is 11.0 Å². The summed E-state index contributed by atoms with van der Waals surface area (Å²) in [5, 5.41) is 3.31. The first kappa shape index (κ1) is 13.7. The van der Waals surface area contributed by atoms with Crippen molar-refractivity contribution >= 4 is 11.6 Å². The van der Waals surface area contributed by atoms with Gasteiger partial charge < -0.3 is 20.7 Å². The molecule has 2 rings (SSSR count). The number of benzene rings is 1. The second kappa shape index (κ2) is 5.93. The molecule has 2 unspecified atom stereocenters. The number of ether oxygens (including phenoxy) is 1. The maximum absolute atomic E-state index is 12.3. The molecule has 1 amide bonds. The summed E-state index contributed by atoms with van der Waals surface area (Å²) in [7, 11) is 0. The van der Waals surface area contributed by atoms with Crippen LogP contribution in [0.25, 0.3) is 0 Å². The van der Waals surface area contributed by atoms with Crippen molar-refractivity contribution < 1.29 is 9.53 Å². The summed E-state index contributed by atoms with van der Waals surface area (Å²) in [6.07, 6.45) is -0.493. The predicted octanol–water partition coefficient (Wildman–Crippen LogP) is 0.856. The molecular weight excluding hydrogens is 242 g/mol. The van der Waals surface area contributed by atoms with Gasteiger partial charge in [-0.25, -0.2) is 0 Å². The summed E-state index contributed by atoms with van der Waals surface area (Å²) in [5.74, 6) is 0.653. The molecule has 1 aromatic carbocycles. The number of nitrogens with zero attached hydrogens (tertiary/aromatic N) is 1. The first-order valence-electron chi connectivity index (χ1n) is 6.60. The van der Waals surface area contributed by atoms with Crippen molar-refractivity contribution in [3.8, 4) is 5.75 Å². The summed E-state index contributed by atoms with van der Waals surface area (Å²) in [5.41, 5.74) is 6.32. The van der Waals surface area contributed by atoms with E-state index in [1.54, 1.807) is 25.1 Å². The van der Waals surface area contributed by atoms with Crippen molar-refractivity contribution in [3.63, 3.8) is 0 Å². The Morgan fingerprint density at radius 1 is 1.58 bits per heavy atom. The molecule has 1 aliphatic rings. The molecule has 0 spiro atoms. The maximum Gasteiger partial charge on any atom is 0.263 e. The number of hydrogen-bond donors (Lipinski definition) is 2. The molecule has 1 aromatic rings. The standard InChI is InChI=1S/C14H21N3O2/c1-10-9-17(7-6-16-10)14(18)11(2)19-13-5-3-4-12(15)8-13/h3-5,8,10-11,16H,6-7,9,15H2,1-2H3. The van der Waals surface area contributed by atoms with E-state index < -0.39 is 6.10 Å². The number of rotatable bonds is 3. The highest BCUT2D eigenvalue weighted by Crippen LogP contribution is 2.17. The molecule has 0 bridgehead atoms. The molecule has 5 nitrogen and oxygen atoms in total. The van der Waals surface area contributed by atoms with Crippen LogP contribution in [-0.2, 0) is 4.79 Å². The molecule has 5 heteroatoms. The lowest BCUT2D eigenvalue weighted by molar-refractivity contribution is -0.139. The van der Waals surface area contributed by atoms with Gasteiger partial charge in [0.05, 0.1) is 0 Å². The molecule has 19 heavy (non-hydrogen) atoms. The van der Waals surface area contributed by atoms with E-state index in [9.17, 15) is 4.79 Å². The highest BCUT2D eigenvalue weighted by Gasteiger charge is 2.25. The van der Waals surface area contributed by atoms with E-state index in [0.29, 0.717) is 17.5 Å². The van der Waals surface area contributed by atoms with Crippen molar-refractivity contribution in [1.82, 2.24) is 10.2 Å². The Balaban J connectivity index is 1.95. The average molecular weight is 263 g/mol. The lowest BCUT2D eigenvalue weighted by Gasteiger charge is -2.33. The van der Waals surface area contributed by atoms with Crippen LogP contribution in [0.5, 0.6) is 5.75 Å². The van der Waals surface area contributed by atoms with Crippen molar-refractivity contribution in [3.05, 3.63) is 24.3 Å². The molecule has 1 fully saturated rings. The van der Waals surface area contributed by atoms with Gasteiger partial charge in [-0.15, -0.1) is 0 Å². The van der Waals surface area contributed by atoms with Crippen molar-refractivity contribution in [2.45, 2.75) is 26.0 Å². The van der Waals surface area contributed by atoms with Crippen LogP contribution in [0.4, 0.5) is 5.69 Å². The van der Waals surface area contributed by atoms with E-state index >= 15 is 0 Å². The van der Waals surface area contributed by atoms with Crippen molar-refractivity contribution in [1.29, 1.82) is 0 Å². The SMILES string of the molecule is CC1CN(C(=O)C(C)Oc2cccc(N)c2)CCN1. The molecule has 1 heterocycles. The zero-order chi connectivity index (χ0) is 13.8. The molecular formula is C14H21N3O2. The number of amides is 1. The van der Waals surface area contributed by atoms with E-state index in [2.05, 4.69) is 12.2 Å². The van der Waals surface area contributed by atoms with Gasteiger partial charge in [0.15, 0.2) is 6.10 Å². The first-order valence-corrected chi connectivity index (χ1v) is 6.60. The van der Waals surface area contributed by atoms with Crippen LogP contribution < -0.4 is 15.8 Å². The molecule has 1 saturated heterocycles. The Labute approximate surface area is 113 Å². The van der Waals surface area contributed by atoms with Crippen LogP contribution in [0.15, 0.2) is 24.3 Å². The van der Waals surface area contributed by atoms with Crippen LogP contribution in [0, 0.1) is 0 Å². The normalized spacial score (nSPS) is 20.9. The smallest absolute Gasteiger partial charge is 0.263 e. The van der Waals surface area contributed by atoms with Crippen LogP contribution in [0.2, 0.25) is 0 Å². The van der Waals surface area contributed by atoms with E-state index in [-0.39, 0.29) is 5.91 Å². The van der Waals surface area contributed by atoms with Gasteiger partial charge in [-0.2, -0.15) is 0 Å². The maximum atomic E-state index is 12.3. The average Bonchev–Trinajstić information content (AvgIpc) is 2.38. The minimum absolute atomic E-state index is 0.0239. The minimum atomic E-state index is -0.493. The quantitative estimate of drug-likeness (QED) is 0.794. The van der Waals surface area contributed by atoms with Crippen LogP contribution in [0.1, 0.15) is 13.8 Å².